The molecule has 3 rings (SSSR count). The SMILES string of the molecule is CC(C)c1ccc(S(=O)(=O)N2CCN(C(=O)CSc3ccccn3)CC2)cc1. The highest BCUT2D eigenvalue weighted by Gasteiger charge is 2.30. The van der Waals surface area contributed by atoms with Crippen molar-refractivity contribution in [3.63, 3.8) is 0 Å². The maximum Gasteiger partial charge on any atom is 0.243 e. The molecule has 1 aromatic carbocycles. The molecule has 1 fully saturated rings. The van der Waals surface area contributed by atoms with E-state index in [-0.39, 0.29) is 5.91 Å². The van der Waals surface area contributed by atoms with Gasteiger partial charge in [-0.2, -0.15) is 4.31 Å². The summed E-state index contributed by atoms with van der Waals surface area (Å²) in [6.07, 6.45) is 1.70. The van der Waals surface area contributed by atoms with Crippen molar-refractivity contribution in [1.29, 1.82) is 0 Å². The molecule has 0 radical (unpaired) electrons. The first-order chi connectivity index (χ1) is 13.4. The maximum atomic E-state index is 12.9. The summed E-state index contributed by atoms with van der Waals surface area (Å²) >= 11 is 1.39. The van der Waals surface area contributed by atoms with Crippen LogP contribution < -0.4 is 0 Å². The monoisotopic (exact) mass is 419 g/mol. The summed E-state index contributed by atoms with van der Waals surface area (Å²) < 4.78 is 27.2. The lowest BCUT2D eigenvalue weighted by molar-refractivity contribution is -0.129. The lowest BCUT2D eigenvalue weighted by Gasteiger charge is -2.34. The van der Waals surface area contributed by atoms with Gasteiger partial charge in [0.05, 0.1) is 15.7 Å². The van der Waals surface area contributed by atoms with Crippen molar-refractivity contribution < 1.29 is 13.2 Å². The molecule has 0 saturated carbocycles. The highest BCUT2D eigenvalue weighted by atomic mass is 32.2. The molecule has 2 aromatic rings. The van der Waals surface area contributed by atoms with Crippen molar-refractivity contribution in [3.05, 3.63) is 54.2 Å². The normalized spacial score (nSPS) is 15.8. The van der Waals surface area contributed by atoms with Crippen LogP contribution in [-0.4, -0.2) is 60.4 Å². The molecule has 0 atom stereocenters. The predicted octanol–water partition coefficient (Wildman–Crippen LogP) is 2.83. The number of carbonyl (C=O) groups excluding carboxylic acids is 1. The summed E-state index contributed by atoms with van der Waals surface area (Å²) in [6.45, 7) is 5.59. The highest BCUT2D eigenvalue weighted by Crippen LogP contribution is 2.22. The second-order valence-corrected chi connectivity index (χ2v) is 9.90. The van der Waals surface area contributed by atoms with Crippen LogP contribution in [0.1, 0.15) is 25.3 Å². The average molecular weight is 420 g/mol. The lowest BCUT2D eigenvalue weighted by Crippen LogP contribution is -2.50. The van der Waals surface area contributed by atoms with Gasteiger partial charge in [-0.25, -0.2) is 13.4 Å². The summed E-state index contributed by atoms with van der Waals surface area (Å²) in [7, 11) is -3.53. The van der Waals surface area contributed by atoms with Crippen molar-refractivity contribution in [2.75, 3.05) is 31.9 Å². The Labute approximate surface area is 171 Å². The van der Waals surface area contributed by atoms with Crippen LogP contribution in [0.5, 0.6) is 0 Å². The van der Waals surface area contributed by atoms with E-state index in [1.54, 1.807) is 23.2 Å². The fourth-order valence-electron chi connectivity index (χ4n) is 3.01. The first kappa shape index (κ1) is 20.8. The summed E-state index contributed by atoms with van der Waals surface area (Å²) in [4.78, 5) is 18.6. The first-order valence-electron chi connectivity index (χ1n) is 9.29. The second kappa shape index (κ2) is 9.07. The fourth-order valence-corrected chi connectivity index (χ4v) is 5.20. The van der Waals surface area contributed by atoms with Crippen LogP contribution in [0.25, 0.3) is 0 Å². The average Bonchev–Trinajstić information content (AvgIpc) is 2.73. The highest BCUT2D eigenvalue weighted by molar-refractivity contribution is 7.99. The number of nitrogens with zero attached hydrogens (tertiary/aromatic N) is 3. The molecule has 2 heterocycles. The van der Waals surface area contributed by atoms with Gasteiger partial charge >= 0.3 is 0 Å². The van der Waals surface area contributed by atoms with Gasteiger partial charge in [0.1, 0.15) is 0 Å². The van der Waals surface area contributed by atoms with Crippen LogP contribution in [0.4, 0.5) is 0 Å². The third-order valence-corrected chi connectivity index (χ3v) is 7.60. The zero-order chi connectivity index (χ0) is 20.1. The van der Waals surface area contributed by atoms with E-state index >= 15 is 0 Å². The minimum absolute atomic E-state index is 0.00832. The molecule has 0 aliphatic carbocycles. The van der Waals surface area contributed by atoms with Gasteiger partial charge in [-0.15, -0.1) is 0 Å². The molecular weight excluding hydrogens is 394 g/mol. The van der Waals surface area contributed by atoms with Gasteiger partial charge in [-0.1, -0.05) is 43.8 Å². The molecule has 6 nitrogen and oxygen atoms in total. The molecule has 1 saturated heterocycles. The lowest BCUT2D eigenvalue weighted by atomic mass is 10.0. The number of sulfonamides is 1. The standard InChI is InChI=1S/C20H25N3O3S2/c1-16(2)17-6-8-18(9-7-17)28(25,26)23-13-11-22(12-14-23)20(24)15-27-19-5-3-4-10-21-19/h3-10,16H,11-15H2,1-2H3. The van der Waals surface area contributed by atoms with Crippen molar-refractivity contribution in [1.82, 2.24) is 14.2 Å². The maximum absolute atomic E-state index is 12.9. The van der Waals surface area contributed by atoms with Gasteiger partial charge in [0.15, 0.2) is 0 Å². The Morgan fingerprint density at radius 2 is 1.75 bits per heavy atom. The third kappa shape index (κ3) is 4.92. The zero-order valence-electron chi connectivity index (χ0n) is 16.1. The Morgan fingerprint density at radius 3 is 2.32 bits per heavy atom. The van der Waals surface area contributed by atoms with Crippen LogP contribution in [0.3, 0.4) is 0 Å². The largest absolute Gasteiger partial charge is 0.339 e. The molecule has 1 amide bonds. The number of benzene rings is 1. The molecule has 1 aliphatic rings. The number of amides is 1. The van der Waals surface area contributed by atoms with Crippen molar-refractivity contribution >= 4 is 27.7 Å². The third-order valence-electron chi connectivity index (χ3n) is 4.76. The molecule has 8 heteroatoms. The van der Waals surface area contributed by atoms with Crippen LogP contribution in [0.15, 0.2) is 58.6 Å². The molecule has 0 N–H and O–H groups in total. The smallest absolute Gasteiger partial charge is 0.243 e. The minimum atomic E-state index is -3.53. The van der Waals surface area contributed by atoms with E-state index in [1.165, 1.54) is 16.1 Å². The predicted molar refractivity (Wildman–Crippen MR) is 111 cm³/mol. The molecule has 0 spiro atoms. The Morgan fingerprint density at radius 1 is 1.07 bits per heavy atom. The fraction of sp³-hybridized carbons (Fsp3) is 0.400. The van der Waals surface area contributed by atoms with Gasteiger partial charge in [0, 0.05) is 32.4 Å². The van der Waals surface area contributed by atoms with Crippen LogP contribution >= 0.6 is 11.8 Å². The number of hydrogen-bond donors (Lipinski definition) is 0. The topological polar surface area (TPSA) is 70.6 Å². The second-order valence-electron chi connectivity index (χ2n) is 6.97. The van der Waals surface area contributed by atoms with E-state index in [2.05, 4.69) is 18.8 Å². The van der Waals surface area contributed by atoms with Gasteiger partial charge in [0.2, 0.25) is 15.9 Å². The number of carbonyl (C=O) groups is 1. The molecular formula is C20H25N3O3S2. The van der Waals surface area contributed by atoms with E-state index in [9.17, 15) is 13.2 Å². The Bertz CT molecular complexity index is 892. The van der Waals surface area contributed by atoms with E-state index in [0.717, 1.165) is 10.6 Å². The summed E-state index contributed by atoms with van der Waals surface area (Å²) in [5, 5.41) is 0.807. The Balaban J connectivity index is 1.55. The van der Waals surface area contributed by atoms with Gasteiger partial charge in [-0.3, -0.25) is 4.79 Å². The minimum Gasteiger partial charge on any atom is -0.339 e. The van der Waals surface area contributed by atoms with Crippen molar-refractivity contribution in [2.45, 2.75) is 29.7 Å². The molecule has 28 heavy (non-hydrogen) atoms. The summed E-state index contributed by atoms with van der Waals surface area (Å²) in [5.41, 5.74) is 1.11. The van der Waals surface area contributed by atoms with E-state index in [1.807, 2.05) is 30.3 Å². The van der Waals surface area contributed by atoms with Crippen molar-refractivity contribution in [2.24, 2.45) is 0 Å². The number of hydrogen-bond acceptors (Lipinski definition) is 5. The number of aromatic nitrogens is 1. The summed E-state index contributed by atoms with van der Waals surface area (Å²) in [6, 6.07) is 12.7. The molecule has 0 unspecified atom stereocenters. The number of pyridine rings is 1. The van der Waals surface area contributed by atoms with E-state index < -0.39 is 10.0 Å². The number of piperazine rings is 1. The quantitative estimate of drug-likeness (QED) is 0.674. The Kier molecular flexibility index (Phi) is 6.74. The van der Waals surface area contributed by atoms with E-state index in [0.29, 0.717) is 42.7 Å². The number of thioether (sulfide) groups is 1. The molecule has 1 aromatic heterocycles. The number of rotatable bonds is 6. The van der Waals surface area contributed by atoms with Gasteiger partial charge in [-0.05, 0) is 35.7 Å². The summed E-state index contributed by atoms with van der Waals surface area (Å²) in [5.74, 6) is 0.671. The van der Waals surface area contributed by atoms with Gasteiger partial charge in [0.25, 0.3) is 0 Å². The molecule has 0 bridgehead atoms. The first-order valence-corrected chi connectivity index (χ1v) is 11.7. The Hall–Kier alpha value is -1.90. The van der Waals surface area contributed by atoms with Crippen LogP contribution in [-0.2, 0) is 14.8 Å². The van der Waals surface area contributed by atoms with Gasteiger partial charge < -0.3 is 4.90 Å². The van der Waals surface area contributed by atoms with Crippen LogP contribution in [0, 0.1) is 0 Å². The van der Waals surface area contributed by atoms with E-state index in [4.69, 9.17) is 0 Å². The zero-order valence-corrected chi connectivity index (χ0v) is 17.7. The van der Waals surface area contributed by atoms with Crippen LogP contribution in [0.2, 0.25) is 0 Å². The molecule has 150 valence electrons. The molecule has 1 aliphatic heterocycles. The van der Waals surface area contributed by atoms with Crippen molar-refractivity contribution in [3.8, 4) is 0 Å².